The Labute approximate surface area is 518 Å². The monoisotopic (exact) mass is 1210 g/mol. The number of aromatic hydroxyl groups is 4. The molecule has 2 saturated carbocycles. The lowest BCUT2D eigenvalue weighted by atomic mass is 9.70. The van der Waals surface area contributed by atoms with Gasteiger partial charge >= 0.3 is 0 Å². The van der Waals surface area contributed by atoms with E-state index in [0.717, 1.165) is 125 Å². The van der Waals surface area contributed by atoms with Gasteiger partial charge < -0.3 is 61.6 Å². The van der Waals surface area contributed by atoms with Crippen LogP contribution < -0.4 is 41.2 Å². The van der Waals surface area contributed by atoms with Gasteiger partial charge in [-0.1, -0.05) is 74.8 Å². The number of ether oxygens (including phenoxy) is 4. The molecule has 16 heteroatoms. The van der Waals surface area contributed by atoms with Crippen LogP contribution in [0.4, 0.5) is 0 Å². The largest absolute Gasteiger partial charge is 1.00 e. The van der Waals surface area contributed by atoms with Crippen molar-refractivity contribution in [3.05, 3.63) is 167 Å². The van der Waals surface area contributed by atoms with Gasteiger partial charge in [-0.2, -0.15) is 0 Å². The van der Waals surface area contributed by atoms with E-state index in [-0.39, 0.29) is 65.9 Å². The molecule has 6 aromatic carbocycles. The summed E-state index contributed by atoms with van der Waals surface area (Å²) >= 11 is 1.16. The van der Waals surface area contributed by atoms with Crippen LogP contribution in [-0.4, -0.2) is 91.6 Å². The number of phenolic OH excluding ortho intramolecular Hbond substituents is 4. The lowest BCUT2D eigenvalue weighted by Crippen LogP contribution is -3.13. The quantitative estimate of drug-likeness (QED) is 0.0221. The zero-order valence-corrected chi connectivity index (χ0v) is 51.1. The number of allylic oxidation sites excluding steroid dienone is 2. The van der Waals surface area contributed by atoms with E-state index in [4.69, 9.17) is 23.3 Å². The molecule has 2 aliphatic carbocycles. The van der Waals surface area contributed by atoms with Gasteiger partial charge in [-0.15, -0.1) is 4.33 Å². The van der Waals surface area contributed by atoms with Gasteiger partial charge in [0, 0.05) is 64.0 Å². The van der Waals surface area contributed by atoms with Gasteiger partial charge in [0.15, 0.2) is 0 Å². The third kappa shape index (κ3) is 15.0. The minimum Gasteiger partial charge on any atom is -1.00 e. The molecule has 4 atom stereocenters. The van der Waals surface area contributed by atoms with Crippen LogP contribution in [0.5, 0.6) is 46.0 Å². The highest BCUT2D eigenvalue weighted by molar-refractivity contribution is 7.94. The molecule has 2 saturated heterocycles. The predicted octanol–water partition coefficient (Wildman–Crippen LogP) is 9.40. The fraction of sp³-hybridized carbons (Fsp3) is 0.414. The summed E-state index contributed by atoms with van der Waals surface area (Å²) in [6.45, 7) is 17.1. The highest BCUT2D eigenvalue weighted by Gasteiger charge is 2.64. The molecule has 6 N–H and O–H groups in total. The van der Waals surface area contributed by atoms with Crippen molar-refractivity contribution in [2.75, 3.05) is 65.3 Å². The zero-order chi connectivity index (χ0) is 58.8. The summed E-state index contributed by atoms with van der Waals surface area (Å²) in [5, 5.41) is 44.0. The minimum atomic E-state index is -0.342. The molecule has 0 spiro atoms. The number of nitrogens with one attached hydrogen (secondary N) is 2. The second-order valence-corrected chi connectivity index (χ2v) is 24.4. The Morgan fingerprint density at radius 3 is 1.38 bits per heavy atom. The van der Waals surface area contributed by atoms with Gasteiger partial charge in [0.2, 0.25) is 0 Å². The van der Waals surface area contributed by atoms with E-state index < -0.39 is 0 Å². The highest BCUT2D eigenvalue weighted by Crippen LogP contribution is 2.65. The fourth-order valence-corrected chi connectivity index (χ4v) is 14.4. The molecular formula is C70H86ClN2O12S+. The Kier molecular flexibility index (Phi) is 22.6. The van der Waals surface area contributed by atoms with Crippen LogP contribution >= 0.6 is 12.0 Å². The first kappa shape index (κ1) is 65.3. The van der Waals surface area contributed by atoms with E-state index in [2.05, 4.69) is 61.9 Å². The maximum Gasteiger partial charge on any atom is 0.150 e. The number of hydrogen-bond donors (Lipinski definition) is 6. The van der Waals surface area contributed by atoms with Crippen molar-refractivity contribution in [3.63, 3.8) is 0 Å². The molecule has 12 rings (SSSR count). The van der Waals surface area contributed by atoms with E-state index in [1.807, 2.05) is 60.7 Å². The van der Waals surface area contributed by atoms with Crippen LogP contribution in [0.1, 0.15) is 138 Å². The second-order valence-electron chi connectivity index (χ2n) is 23.7. The van der Waals surface area contributed by atoms with Crippen LogP contribution in [0.2, 0.25) is 0 Å². The summed E-state index contributed by atoms with van der Waals surface area (Å²) in [7, 11) is 1.38. The molecule has 86 heavy (non-hydrogen) atoms. The average molecular weight is 1210 g/mol. The Balaban J connectivity index is 0.000000176. The van der Waals surface area contributed by atoms with E-state index in [9.17, 15) is 25.2 Å². The normalized spacial score (nSPS) is 21.2. The number of hydrogen-bond acceptors (Lipinski definition) is 13. The van der Waals surface area contributed by atoms with Crippen molar-refractivity contribution in [1.82, 2.24) is 0 Å². The van der Waals surface area contributed by atoms with E-state index in [1.165, 1.54) is 71.8 Å². The number of fused-ring (bicyclic) bond motifs is 4. The van der Waals surface area contributed by atoms with E-state index in [0.29, 0.717) is 29.0 Å². The van der Waals surface area contributed by atoms with Gasteiger partial charge in [-0.3, -0.25) is 4.79 Å². The maximum atomic E-state index is 12.1. The summed E-state index contributed by atoms with van der Waals surface area (Å²) in [6, 6.07) is 41.1. The summed E-state index contributed by atoms with van der Waals surface area (Å²) in [6.07, 6.45) is 10.2. The van der Waals surface area contributed by atoms with Gasteiger partial charge in [-0.05, 0) is 183 Å². The number of ketones is 1. The Hall–Kier alpha value is -6.69. The van der Waals surface area contributed by atoms with E-state index >= 15 is 0 Å². The van der Waals surface area contributed by atoms with Crippen molar-refractivity contribution in [2.24, 2.45) is 16.7 Å². The molecule has 4 aliphatic heterocycles. The number of Topliss-reactive ketones (excluding diaryl/α,β-unsaturated/α-hetero) is 1. The second kappa shape index (κ2) is 29.8. The lowest BCUT2D eigenvalue weighted by Gasteiger charge is -2.35. The van der Waals surface area contributed by atoms with Gasteiger partial charge in [0.25, 0.3) is 0 Å². The molecule has 6 aromatic rings. The van der Waals surface area contributed by atoms with Gasteiger partial charge in [0.05, 0.1) is 33.3 Å². The van der Waals surface area contributed by atoms with Crippen LogP contribution in [0, 0.1) is 16.7 Å². The van der Waals surface area contributed by atoms with Crippen LogP contribution in [0.25, 0.3) is 22.3 Å². The molecule has 460 valence electrons. The maximum absolute atomic E-state index is 12.1. The number of piperidine rings is 2. The molecule has 14 nitrogen and oxygen atoms in total. The summed E-state index contributed by atoms with van der Waals surface area (Å²) in [4.78, 5) is 19.7. The SMILES string of the molecule is C.CC1=C(c2ccc(O)cc2)[C@H](c2ccc(OCC[NH+]3CCCCC3)cc2)Oc2cc(O)ccc21.CC1=C(c2ccc(O)cc2)[C@H](c2ccc(OCC[NH+]3CCCCC3)cc2)Oc2cc(O)ccc21.COOOSCC12CCC(CC1=O)C2(C)C.[Cl-]. The Morgan fingerprint density at radius 1 is 0.581 bits per heavy atom. The number of rotatable bonds is 17. The number of quaternary nitrogens is 2. The topological polar surface area (TPSA) is 171 Å². The van der Waals surface area contributed by atoms with Crippen molar-refractivity contribution in [2.45, 2.75) is 105 Å². The summed E-state index contributed by atoms with van der Waals surface area (Å²) in [5.74, 6) is 5.45. The fourth-order valence-electron chi connectivity index (χ4n) is 13.4. The summed E-state index contributed by atoms with van der Waals surface area (Å²) in [5.41, 5.74) is 10.0. The molecule has 4 heterocycles. The van der Waals surface area contributed by atoms with Crippen molar-refractivity contribution in [1.29, 1.82) is 0 Å². The van der Waals surface area contributed by atoms with E-state index in [1.54, 1.807) is 58.3 Å². The third-order valence-corrected chi connectivity index (χ3v) is 19.2. The lowest BCUT2D eigenvalue weighted by molar-refractivity contribution is -0.904. The molecule has 0 radical (unpaired) electrons. The number of carbonyl (C=O) groups excluding carboxylic acids is 1. The highest BCUT2D eigenvalue weighted by atomic mass is 35.5. The molecule has 0 amide bonds. The third-order valence-electron chi connectivity index (χ3n) is 18.4. The first-order valence-electron chi connectivity index (χ1n) is 29.9. The number of phenols is 4. The van der Waals surface area contributed by atoms with Gasteiger partial charge in [0.1, 0.15) is 90.3 Å². The van der Waals surface area contributed by atoms with Crippen molar-refractivity contribution >= 4 is 40.1 Å². The minimum absolute atomic E-state index is 0. The van der Waals surface area contributed by atoms with Crippen LogP contribution in [0.15, 0.2) is 133 Å². The smallest absolute Gasteiger partial charge is 0.150 e. The number of likely N-dealkylation sites (tertiary alicyclic amines) is 2. The van der Waals surface area contributed by atoms with Crippen molar-refractivity contribution < 1.29 is 80.6 Å². The molecule has 0 aromatic heterocycles. The molecule has 4 fully saturated rings. The number of carbonyl (C=O) groups is 1. The summed E-state index contributed by atoms with van der Waals surface area (Å²) < 4.78 is 29.7. The Morgan fingerprint density at radius 2 is 1.00 bits per heavy atom. The first-order valence-corrected chi connectivity index (χ1v) is 30.8. The predicted molar refractivity (Wildman–Crippen MR) is 334 cm³/mol. The average Bonchev–Trinajstić information content (AvgIpc) is 1.65. The number of benzene rings is 6. The molecule has 2 unspecified atom stereocenters. The van der Waals surface area contributed by atoms with Crippen molar-refractivity contribution in [3.8, 4) is 46.0 Å². The zero-order valence-electron chi connectivity index (χ0n) is 49.5. The van der Waals surface area contributed by atoms with Gasteiger partial charge in [-0.25, -0.2) is 4.89 Å². The molecule has 6 aliphatic rings. The van der Waals surface area contributed by atoms with Crippen LogP contribution in [0.3, 0.4) is 0 Å². The number of halogens is 1. The standard InChI is InChI=1S/2C29H31NO4.C11H18O4S.CH4.ClH/c2*1-20-26-14-11-24(32)19-27(26)34-29(28(20)21-5-9-23(31)10-6-21)22-7-12-25(13-8-22)33-18-17-30-15-3-2-4-16-30;1-10(2)8-4-5-11(10,9(12)6-8)7-16-15-14-13-3;;/h2*5-14,19,29,31-32H,2-4,15-18H2,1H3;8H,4-7H2,1-3H3;1H4;1H/p+1/t2*29-;;;/m00.../s1. The first-order chi connectivity index (χ1) is 40.7. The molecule has 2 bridgehead atoms. The van der Waals surface area contributed by atoms with Crippen LogP contribution in [-0.2, 0) is 19.1 Å². The molecular weight excluding hydrogens is 1130 g/mol. The Bertz CT molecular complexity index is 3060.